The van der Waals surface area contributed by atoms with E-state index in [1.807, 2.05) is 16.8 Å². The van der Waals surface area contributed by atoms with Gasteiger partial charge in [0.2, 0.25) is 0 Å². The van der Waals surface area contributed by atoms with Crippen molar-refractivity contribution < 1.29 is 9.47 Å². The number of fused-ring (bicyclic) bond motifs is 1. The van der Waals surface area contributed by atoms with Gasteiger partial charge >= 0.3 is 0 Å². The molecule has 0 aromatic carbocycles. The quantitative estimate of drug-likeness (QED) is 0.750. The third-order valence-electron chi connectivity index (χ3n) is 2.53. The molecule has 0 aliphatic carbocycles. The number of halogens is 1. The minimum absolute atomic E-state index is 0.634. The van der Waals surface area contributed by atoms with E-state index >= 15 is 0 Å². The molecule has 19 heavy (non-hydrogen) atoms. The molecule has 0 fully saturated rings. The second-order valence-electron chi connectivity index (χ2n) is 3.96. The number of aromatic nitrogens is 3. The number of nitrogens with zero attached hydrogens (tertiary/aromatic N) is 3. The summed E-state index contributed by atoms with van der Waals surface area (Å²) >= 11 is 3.38. The highest BCUT2D eigenvalue weighted by molar-refractivity contribution is 9.10. The number of methoxy groups -OCH3 is 1. The van der Waals surface area contributed by atoms with Crippen LogP contribution in [-0.2, 0) is 9.47 Å². The molecule has 7 heteroatoms. The van der Waals surface area contributed by atoms with Crippen molar-refractivity contribution >= 4 is 27.4 Å². The van der Waals surface area contributed by atoms with E-state index in [1.165, 1.54) is 0 Å². The predicted octanol–water partition coefficient (Wildman–Crippen LogP) is 1.96. The van der Waals surface area contributed by atoms with E-state index in [0.29, 0.717) is 19.8 Å². The van der Waals surface area contributed by atoms with Crippen LogP contribution in [0.2, 0.25) is 0 Å². The van der Waals surface area contributed by atoms with Crippen LogP contribution < -0.4 is 5.32 Å². The fraction of sp³-hybridized carbons (Fsp3) is 0.500. The summed E-state index contributed by atoms with van der Waals surface area (Å²) < 4.78 is 13.0. The SMILES string of the molecule is COCCOCCCNc1nc(Br)cn2ccnc12. The van der Waals surface area contributed by atoms with Crippen molar-refractivity contribution in [2.45, 2.75) is 6.42 Å². The summed E-state index contributed by atoms with van der Waals surface area (Å²) in [4.78, 5) is 8.65. The molecular formula is C12H17BrN4O2. The standard InChI is InChI=1S/C12H17BrN4O2/c1-18-7-8-19-6-2-3-14-11-12-15-4-5-17(12)9-10(13)16-11/h4-5,9H,2-3,6-8H2,1H3,(H,14,16). The van der Waals surface area contributed by atoms with Crippen LogP contribution >= 0.6 is 15.9 Å². The molecule has 104 valence electrons. The van der Waals surface area contributed by atoms with Crippen molar-refractivity contribution in [2.75, 3.05) is 38.8 Å². The summed E-state index contributed by atoms with van der Waals surface area (Å²) in [5.74, 6) is 0.774. The summed E-state index contributed by atoms with van der Waals surface area (Å²) in [6.45, 7) is 2.76. The van der Waals surface area contributed by atoms with Gasteiger partial charge in [0.25, 0.3) is 0 Å². The van der Waals surface area contributed by atoms with Crippen LogP contribution in [0.15, 0.2) is 23.2 Å². The van der Waals surface area contributed by atoms with Gasteiger partial charge in [0.15, 0.2) is 11.5 Å². The number of hydrogen-bond donors (Lipinski definition) is 1. The fourth-order valence-corrected chi connectivity index (χ4v) is 2.04. The minimum atomic E-state index is 0.634. The van der Waals surface area contributed by atoms with Crippen LogP contribution in [-0.4, -0.2) is 47.8 Å². The van der Waals surface area contributed by atoms with Gasteiger partial charge in [0, 0.05) is 38.9 Å². The lowest BCUT2D eigenvalue weighted by molar-refractivity contribution is 0.0705. The van der Waals surface area contributed by atoms with Crippen LogP contribution in [0.4, 0.5) is 5.82 Å². The molecule has 0 saturated heterocycles. The van der Waals surface area contributed by atoms with Crippen LogP contribution in [0.5, 0.6) is 0 Å². The van der Waals surface area contributed by atoms with E-state index in [9.17, 15) is 0 Å². The van der Waals surface area contributed by atoms with Gasteiger partial charge in [-0.1, -0.05) is 0 Å². The van der Waals surface area contributed by atoms with Crippen molar-refractivity contribution in [3.8, 4) is 0 Å². The van der Waals surface area contributed by atoms with E-state index in [4.69, 9.17) is 9.47 Å². The molecular weight excluding hydrogens is 312 g/mol. The van der Waals surface area contributed by atoms with Crippen LogP contribution in [0.3, 0.4) is 0 Å². The second kappa shape index (κ2) is 7.42. The summed E-state index contributed by atoms with van der Waals surface area (Å²) in [5, 5.41) is 3.27. The van der Waals surface area contributed by atoms with Gasteiger partial charge in [-0.15, -0.1) is 0 Å². The van der Waals surface area contributed by atoms with Gasteiger partial charge in [0.05, 0.1) is 13.2 Å². The Hall–Kier alpha value is -1.18. The highest BCUT2D eigenvalue weighted by Gasteiger charge is 2.05. The number of hydrogen-bond acceptors (Lipinski definition) is 5. The number of nitrogens with one attached hydrogen (secondary N) is 1. The molecule has 6 nitrogen and oxygen atoms in total. The molecule has 0 atom stereocenters. The average Bonchev–Trinajstić information content (AvgIpc) is 2.85. The van der Waals surface area contributed by atoms with Gasteiger partial charge in [-0.2, -0.15) is 0 Å². The average molecular weight is 329 g/mol. The van der Waals surface area contributed by atoms with E-state index in [0.717, 1.165) is 29.0 Å². The first-order valence-electron chi connectivity index (χ1n) is 6.11. The van der Waals surface area contributed by atoms with Crippen molar-refractivity contribution in [1.29, 1.82) is 0 Å². The molecule has 0 aliphatic rings. The number of rotatable bonds is 8. The number of imidazole rings is 1. The zero-order chi connectivity index (χ0) is 13.5. The Kier molecular flexibility index (Phi) is 5.56. The zero-order valence-electron chi connectivity index (χ0n) is 10.8. The monoisotopic (exact) mass is 328 g/mol. The van der Waals surface area contributed by atoms with E-state index in [1.54, 1.807) is 13.3 Å². The maximum atomic E-state index is 5.39. The molecule has 0 amide bonds. The Morgan fingerprint density at radius 2 is 2.26 bits per heavy atom. The summed E-state index contributed by atoms with van der Waals surface area (Å²) in [6.07, 6.45) is 6.43. The zero-order valence-corrected chi connectivity index (χ0v) is 12.4. The molecule has 0 bridgehead atoms. The fourth-order valence-electron chi connectivity index (χ4n) is 1.65. The van der Waals surface area contributed by atoms with Crippen molar-refractivity contribution in [3.63, 3.8) is 0 Å². The number of ether oxygens (including phenoxy) is 2. The molecule has 2 aromatic rings. The summed E-state index contributed by atoms with van der Waals surface area (Å²) in [7, 11) is 1.67. The lowest BCUT2D eigenvalue weighted by Gasteiger charge is -2.08. The summed E-state index contributed by atoms with van der Waals surface area (Å²) in [5.41, 5.74) is 0.823. The predicted molar refractivity (Wildman–Crippen MR) is 76.5 cm³/mol. The molecule has 0 unspecified atom stereocenters. The van der Waals surface area contributed by atoms with E-state index in [-0.39, 0.29) is 0 Å². The third kappa shape index (κ3) is 4.15. The highest BCUT2D eigenvalue weighted by atomic mass is 79.9. The molecule has 2 aromatic heterocycles. The lowest BCUT2D eigenvalue weighted by Crippen LogP contribution is -2.10. The Morgan fingerprint density at radius 3 is 3.11 bits per heavy atom. The van der Waals surface area contributed by atoms with Crippen molar-refractivity contribution in [3.05, 3.63) is 23.2 Å². The third-order valence-corrected chi connectivity index (χ3v) is 2.92. The topological polar surface area (TPSA) is 60.7 Å². The van der Waals surface area contributed by atoms with Gasteiger partial charge in [-0.3, -0.25) is 0 Å². The van der Waals surface area contributed by atoms with Gasteiger partial charge in [-0.05, 0) is 22.4 Å². The number of anilines is 1. The first-order valence-corrected chi connectivity index (χ1v) is 6.90. The largest absolute Gasteiger partial charge is 0.382 e. The van der Waals surface area contributed by atoms with Crippen LogP contribution in [0, 0.1) is 0 Å². The Labute approximate surface area is 120 Å². The van der Waals surface area contributed by atoms with Gasteiger partial charge in [0.1, 0.15) is 4.60 Å². The molecule has 1 N–H and O–H groups in total. The highest BCUT2D eigenvalue weighted by Crippen LogP contribution is 2.16. The minimum Gasteiger partial charge on any atom is -0.382 e. The first kappa shape index (κ1) is 14.2. The maximum Gasteiger partial charge on any atom is 0.180 e. The summed E-state index contributed by atoms with van der Waals surface area (Å²) in [6, 6.07) is 0. The maximum absolute atomic E-state index is 5.39. The smallest absolute Gasteiger partial charge is 0.180 e. The van der Waals surface area contributed by atoms with Gasteiger partial charge in [-0.25, -0.2) is 9.97 Å². The molecule has 2 heterocycles. The van der Waals surface area contributed by atoms with Crippen molar-refractivity contribution in [1.82, 2.24) is 14.4 Å². The lowest BCUT2D eigenvalue weighted by atomic mass is 10.4. The second-order valence-corrected chi connectivity index (χ2v) is 4.77. The van der Waals surface area contributed by atoms with Crippen LogP contribution in [0.25, 0.3) is 5.65 Å². The molecule has 2 rings (SSSR count). The Balaban J connectivity index is 1.79. The van der Waals surface area contributed by atoms with Crippen molar-refractivity contribution in [2.24, 2.45) is 0 Å². The molecule has 0 saturated carbocycles. The van der Waals surface area contributed by atoms with E-state index in [2.05, 4.69) is 31.2 Å². The van der Waals surface area contributed by atoms with Crippen LogP contribution in [0.1, 0.15) is 6.42 Å². The Morgan fingerprint density at radius 1 is 1.37 bits per heavy atom. The Bertz CT molecular complexity index is 517. The molecule has 0 aliphatic heterocycles. The molecule has 0 radical (unpaired) electrons. The van der Waals surface area contributed by atoms with E-state index < -0.39 is 0 Å². The first-order chi connectivity index (χ1) is 9.31. The normalized spacial score (nSPS) is 11.1. The van der Waals surface area contributed by atoms with Gasteiger partial charge < -0.3 is 19.2 Å². The molecule has 0 spiro atoms.